The third-order valence-electron chi connectivity index (χ3n) is 2.77. The highest BCUT2D eigenvalue weighted by Crippen LogP contribution is 2.14. The standard InChI is InChI=1S/C13H19FN2O2S/c1-3-11(4-2)16-13(17)8-19(18)12-6-9(14)5-10(15)7-12/h5-7,11H,3-4,8,15H2,1-2H3,(H,16,17). The quantitative estimate of drug-likeness (QED) is 0.784. The van der Waals surface area contributed by atoms with Crippen LogP contribution in [0, 0.1) is 5.82 Å². The van der Waals surface area contributed by atoms with Crippen LogP contribution in [0.2, 0.25) is 0 Å². The van der Waals surface area contributed by atoms with Crippen molar-refractivity contribution in [3.8, 4) is 0 Å². The van der Waals surface area contributed by atoms with Crippen LogP contribution in [0.4, 0.5) is 10.1 Å². The van der Waals surface area contributed by atoms with E-state index in [0.29, 0.717) is 0 Å². The second kappa shape index (κ2) is 7.23. The van der Waals surface area contributed by atoms with Gasteiger partial charge in [0.15, 0.2) is 0 Å². The van der Waals surface area contributed by atoms with E-state index >= 15 is 0 Å². The summed E-state index contributed by atoms with van der Waals surface area (Å²) in [5.41, 5.74) is 5.67. The van der Waals surface area contributed by atoms with E-state index in [4.69, 9.17) is 5.73 Å². The molecule has 0 saturated carbocycles. The lowest BCUT2D eigenvalue weighted by Crippen LogP contribution is -2.36. The summed E-state index contributed by atoms with van der Waals surface area (Å²) >= 11 is 0. The number of nitrogens with one attached hydrogen (secondary N) is 1. The molecule has 1 rings (SSSR count). The van der Waals surface area contributed by atoms with Crippen molar-refractivity contribution < 1.29 is 13.4 Å². The number of nitrogen functional groups attached to an aromatic ring is 1. The first-order valence-corrected chi connectivity index (χ1v) is 7.52. The molecule has 3 N–H and O–H groups in total. The van der Waals surface area contributed by atoms with Gasteiger partial charge >= 0.3 is 0 Å². The van der Waals surface area contributed by atoms with Crippen LogP contribution in [0.5, 0.6) is 0 Å². The maximum absolute atomic E-state index is 13.1. The first-order chi connectivity index (χ1) is 8.96. The maximum atomic E-state index is 13.1. The smallest absolute Gasteiger partial charge is 0.233 e. The molecule has 0 aliphatic carbocycles. The topological polar surface area (TPSA) is 72.2 Å². The molecule has 1 atom stereocenters. The van der Waals surface area contributed by atoms with Gasteiger partial charge in [0.1, 0.15) is 11.6 Å². The van der Waals surface area contributed by atoms with Gasteiger partial charge in [0.05, 0.1) is 10.8 Å². The predicted octanol–water partition coefficient (Wildman–Crippen LogP) is 1.82. The molecular weight excluding hydrogens is 267 g/mol. The Morgan fingerprint density at radius 2 is 2.00 bits per heavy atom. The number of hydrogen-bond acceptors (Lipinski definition) is 3. The van der Waals surface area contributed by atoms with Gasteiger partial charge in [-0.1, -0.05) is 13.8 Å². The van der Waals surface area contributed by atoms with Crippen LogP contribution >= 0.6 is 0 Å². The van der Waals surface area contributed by atoms with Crippen LogP contribution in [-0.4, -0.2) is 21.9 Å². The minimum atomic E-state index is -1.59. The fourth-order valence-corrected chi connectivity index (χ4v) is 2.68. The van der Waals surface area contributed by atoms with Gasteiger partial charge < -0.3 is 11.1 Å². The summed E-state index contributed by atoms with van der Waals surface area (Å²) < 4.78 is 25.1. The molecular formula is C13H19FN2O2S. The molecule has 4 nitrogen and oxygen atoms in total. The number of rotatable bonds is 6. The highest BCUT2D eigenvalue weighted by atomic mass is 32.2. The van der Waals surface area contributed by atoms with Crippen molar-refractivity contribution in [3.05, 3.63) is 24.0 Å². The zero-order chi connectivity index (χ0) is 14.4. The molecule has 6 heteroatoms. The zero-order valence-corrected chi connectivity index (χ0v) is 11.9. The molecule has 1 amide bonds. The molecule has 0 aliphatic rings. The van der Waals surface area contributed by atoms with Crippen LogP contribution in [-0.2, 0) is 15.6 Å². The van der Waals surface area contributed by atoms with Crippen LogP contribution in [0.3, 0.4) is 0 Å². The summed E-state index contributed by atoms with van der Waals surface area (Å²) in [6.45, 7) is 3.94. The first-order valence-electron chi connectivity index (χ1n) is 6.20. The molecule has 19 heavy (non-hydrogen) atoms. The van der Waals surface area contributed by atoms with Crippen molar-refractivity contribution in [1.29, 1.82) is 0 Å². The van der Waals surface area contributed by atoms with Crippen molar-refractivity contribution in [1.82, 2.24) is 5.32 Å². The molecule has 1 aromatic rings. The summed E-state index contributed by atoms with van der Waals surface area (Å²) in [4.78, 5) is 11.9. The number of nitrogens with two attached hydrogens (primary N) is 1. The molecule has 0 fully saturated rings. The van der Waals surface area contributed by atoms with E-state index in [1.165, 1.54) is 6.07 Å². The predicted molar refractivity (Wildman–Crippen MR) is 74.6 cm³/mol. The molecule has 0 radical (unpaired) electrons. The number of halogens is 1. The second-order valence-electron chi connectivity index (χ2n) is 4.29. The van der Waals surface area contributed by atoms with Crippen molar-refractivity contribution in [2.45, 2.75) is 37.6 Å². The van der Waals surface area contributed by atoms with Crippen molar-refractivity contribution in [3.63, 3.8) is 0 Å². The maximum Gasteiger partial charge on any atom is 0.233 e. The van der Waals surface area contributed by atoms with Gasteiger partial charge in [-0.2, -0.15) is 0 Å². The third-order valence-corrected chi connectivity index (χ3v) is 4.06. The monoisotopic (exact) mass is 286 g/mol. The zero-order valence-electron chi connectivity index (χ0n) is 11.1. The van der Waals surface area contributed by atoms with E-state index in [2.05, 4.69) is 5.32 Å². The summed E-state index contributed by atoms with van der Waals surface area (Å²) in [5, 5.41) is 2.79. The number of anilines is 1. The summed E-state index contributed by atoms with van der Waals surface area (Å²) in [7, 11) is -1.59. The number of carbonyl (C=O) groups excluding carboxylic acids is 1. The normalized spacial score (nSPS) is 12.4. The minimum Gasteiger partial charge on any atom is -0.399 e. The lowest BCUT2D eigenvalue weighted by atomic mass is 10.2. The van der Waals surface area contributed by atoms with Gasteiger partial charge in [-0.05, 0) is 31.0 Å². The number of benzene rings is 1. The number of amides is 1. The molecule has 0 bridgehead atoms. The largest absolute Gasteiger partial charge is 0.399 e. The number of carbonyl (C=O) groups is 1. The molecule has 0 aliphatic heterocycles. The fraction of sp³-hybridized carbons (Fsp3) is 0.462. The van der Waals surface area contributed by atoms with Crippen LogP contribution < -0.4 is 11.1 Å². The average Bonchev–Trinajstić information content (AvgIpc) is 2.34. The first kappa shape index (κ1) is 15.6. The van der Waals surface area contributed by atoms with E-state index in [9.17, 15) is 13.4 Å². The Balaban J connectivity index is 2.66. The van der Waals surface area contributed by atoms with Gasteiger partial charge in [0.25, 0.3) is 0 Å². The lowest BCUT2D eigenvalue weighted by Gasteiger charge is -2.14. The highest BCUT2D eigenvalue weighted by molar-refractivity contribution is 7.85. The third kappa shape index (κ3) is 4.98. The number of hydrogen-bond donors (Lipinski definition) is 2. The van der Waals surface area contributed by atoms with Gasteiger partial charge in [-0.3, -0.25) is 9.00 Å². The fourth-order valence-electron chi connectivity index (χ4n) is 1.68. The van der Waals surface area contributed by atoms with Crippen molar-refractivity contribution >= 4 is 22.4 Å². The van der Waals surface area contributed by atoms with E-state index in [-0.39, 0.29) is 28.3 Å². The second-order valence-corrected chi connectivity index (χ2v) is 5.74. The molecule has 1 unspecified atom stereocenters. The Hall–Kier alpha value is -1.43. The Morgan fingerprint density at radius 1 is 1.37 bits per heavy atom. The van der Waals surface area contributed by atoms with Crippen LogP contribution in [0.15, 0.2) is 23.1 Å². The molecule has 106 valence electrons. The summed E-state index contributed by atoms with van der Waals surface area (Å²) in [5.74, 6) is -1.03. The van der Waals surface area contributed by atoms with Gasteiger partial charge in [-0.15, -0.1) is 0 Å². The van der Waals surface area contributed by atoms with Crippen LogP contribution in [0.25, 0.3) is 0 Å². The van der Waals surface area contributed by atoms with E-state index in [0.717, 1.165) is 25.0 Å². The SMILES string of the molecule is CCC(CC)NC(=O)CS(=O)c1cc(N)cc(F)c1. The van der Waals surface area contributed by atoms with Crippen molar-refractivity contribution in [2.24, 2.45) is 0 Å². The van der Waals surface area contributed by atoms with E-state index < -0.39 is 16.6 Å². The molecule has 1 aromatic carbocycles. The Labute approximate surface area is 115 Å². The Morgan fingerprint density at radius 3 is 2.53 bits per heavy atom. The summed E-state index contributed by atoms with van der Waals surface area (Å²) in [6.07, 6.45) is 1.64. The molecule has 0 spiro atoms. The van der Waals surface area contributed by atoms with Gasteiger partial charge in [0, 0.05) is 16.6 Å². The molecule has 0 heterocycles. The van der Waals surface area contributed by atoms with Gasteiger partial charge in [0.2, 0.25) is 5.91 Å². The average molecular weight is 286 g/mol. The van der Waals surface area contributed by atoms with Crippen molar-refractivity contribution in [2.75, 3.05) is 11.5 Å². The molecule has 0 aromatic heterocycles. The van der Waals surface area contributed by atoms with E-state index in [1.807, 2.05) is 13.8 Å². The lowest BCUT2D eigenvalue weighted by molar-refractivity contribution is -0.119. The Bertz CT molecular complexity index is 455. The molecule has 0 saturated heterocycles. The summed E-state index contributed by atoms with van der Waals surface area (Å²) in [6, 6.07) is 3.79. The van der Waals surface area contributed by atoms with Gasteiger partial charge in [-0.25, -0.2) is 4.39 Å². The van der Waals surface area contributed by atoms with E-state index in [1.54, 1.807) is 0 Å². The minimum absolute atomic E-state index is 0.0853. The van der Waals surface area contributed by atoms with Crippen LogP contribution in [0.1, 0.15) is 26.7 Å². The Kier molecular flexibility index (Phi) is 5.95. The highest BCUT2D eigenvalue weighted by Gasteiger charge is 2.14.